The van der Waals surface area contributed by atoms with Gasteiger partial charge in [0, 0.05) is 19.0 Å². The normalized spacial score (nSPS) is 19.2. The van der Waals surface area contributed by atoms with Crippen LogP contribution in [-0.2, 0) is 15.7 Å². The summed E-state index contributed by atoms with van der Waals surface area (Å²) in [5.41, 5.74) is 3.03. The number of nitrogens with zero attached hydrogens (tertiary/aromatic N) is 4. The van der Waals surface area contributed by atoms with Gasteiger partial charge >= 0.3 is 12.1 Å². The van der Waals surface area contributed by atoms with Gasteiger partial charge in [0.25, 0.3) is 0 Å². The number of halogens is 3. The predicted molar refractivity (Wildman–Crippen MR) is 170 cm³/mol. The molecule has 1 amide bonds. The molecule has 11 heteroatoms. The maximum absolute atomic E-state index is 14.2. The minimum absolute atomic E-state index is 0.0365. The van der Waals surface area contributed by atoms with E-state index < -0.39 is 23.4 Å². The molecule has 6 rings (SSSR count). The average molecular weight is 651 g/mol. The van der Waals surface area contributed by atoms with E-state index in [9.17, 15) is 22.8 Å². The Balaban J connectivity index is 1.20. The highest BCUT2D eigenvalue weighted by Crippen LogP contribution is 2.39. The monoisotopic (exact) mass is 650 g/mol. The van der Waals surface area contributed by atoms with Crippen molar-refractivity contribution < 1.29 is 32.2 Å². The molecule has 0 N–H and O–H groups in total. The number of hydrogen-bond donors (Lipinski definition) is 0. The number of aryl methyl sites for hydroxylation is 1. The van der Waals surface area contributed by atoms with E-state index in [-0.39, 0.29) is 24.3 Å². The van der Waals surface area contributed by atoms with Gasteiger partial charge in [-0.05, 0) is 111 Å². The van der Waals surface area contributed by atoms with E-state index in [1.165, 1.54) is 18.6 Å². The summed E-state index contributed by atoms with van der Waals surface area (Å²) >= 11 is 0. The third-order valence-electron chi connectivity index (χ3n) is 9.63. The summed E-state index contributed by atoms with van der Waals surface area (Å²) in [7, 11) is 0. The zero-order valence-electron chi connectivity index (χ0n) is 27.1. The molecule has 250 valence electrons. The lowest BCUT2D eigenvalue weighted by atomic mass is 9.82. The maximum Gasteiger partial charge on any atom is 0.434 e. The Bertz CT molecular complexity index is 1670. The predicted octanol–water partition coefficient (Wildman–Crippen LogP) is 7.54. The first-order chi connectivity index (χ1) is 22.5. The van der Waals surface area contributed by atoms with Crippen LogP contribution in [0.3, 0.4) is 0 Å². The molecular weight excluding hydrogens is 609 g/mol. The van der Waals surface area contributed by atoms with Gasteiger partial charge in [0.05, 0.1) is 18.5 Å². The second-order valence-electron chi connectivity index (χ2n) is 12.9. The molecular formula is C36H41F3N4O4. The molecule has 8 nitrogen and oxygen atoms in total. The molecule has 3 aromatic rings. The lowest BCUT2D eigenvalue weighted by Crippen LogP contribution is -2.38. The van der Waals surface area contributed by atoms with Crippen LogP contribution in [0.4, 0.5) is 13.2 Å². The fourth-order valence-electron chi connectivity index (χ4n) is 6.87. The van der Waals surface area contributed by atoms with Crippen molar-refractivity contribution in [3.05, 3.63) is 76.2 Å². The SMILES string of the molecule is CCOC(=O)c1cnn(-c2cccc(C3=C(COc4ccc(C5CCN(C(=O)C6CC6)CC5)cc4C)C(C)CCC3)n2)c1C(F)(F)F. The molecule has 1 atom stereocenters. The fourth-order valence-corrected chi connectivity index (χ4v) is 6.87. The second kappa shape index (κ2) is 13.5. The van der Waals surface area contributed by atoms with E-state index in [0.717, 1.165) is 86.7 Å². The summed E-state index contributed by atoms with van der Waals surface area (Å²) in [4.78, 5) is 31.4. The minimum atomic E-state index is -4.85. The molecule has 1 saturated carbocycles. The molecule has 1 unspecified atom stereocenters. The number of benzene rings is 1. The van der Waals surface area contributed by atoms with Crippen molar-refractivity contribution >= 4 is 17.4 Å². The minimum Gasteiger partial charge on any atom is -0.489 e. The molecule has 1 aromatic carbocycles. The van der Waals surface area contributed by atoms with Crippen LogP contribution in [0, 0.1) is 18.8 Å². The van der Waals surface area contributed by atoms with Crippen molar-refractivity contribution in [3.63, 3.8) is 0 Å². The lowest BCUT2D eigenvalue weighted by Gasteiger charge is -2.32. The van der Waals surface area contributed by atoms with Gasteiger partial charge in [0.1, 0.15) is 17.9 Å². The molecule has 2 fully saturated rings. The number of piperidine rings is 1. The van der Waals surface area contributed by atoms with Crippen molar-refractivity contribution in [3.8, 4) is 11.6 Å². The number of aromatic nitrogens is 3. The Kier molecular flexibility index (Phi) is 9.43. The van der Waals surface area contributed by atoms with Gasteiger partial charge in [0.15, 0.2) is 11.5 Å². The number of amides is 1. The van der Waals surface area contributed by atoms with E-state index >= 15 is 0 Å². The summed E-state index contributed by atoms with van der Waals surface area (Å²) in [5, 5.41) is 3.90. The quantitative estimate of drug-likeness (QED) is 0.223. The number of pyridine rings is 1. The number of carbonyl (C=O) groups is 2. The van der Waals surface area contributed by atoms with Gasteiger partial charge in [-0.1, -0.05) is 25.1 Å². The average Bonchev–Trinajstić information content (AvgIpc) is 3.80. The Morgan fingerprint density at radius 1 is 1.04 bits per heavy atom. The van der Waals surface area contributed by atoms with E-state index in [2.05, 4.69) is 29.1 Å². The number of likely N-dealkylation sites (tertiary alicyclic amines) is 1. The number of hydrogen-bond acceptors (Lipinski definition) is 6. The summed E-state index contributed by atoms with van der Waals surface area (Å²) in [5.74, 6) is 0.879. The van der Waals surface area contributed by atoms with Gasteiger partial charge in [0.2, 0.25) is 5.91 Å². The topological polar surface area (TPSA) is 86.5 Å². The van der Waals surface area contributed by atoms with E-state index in [1.807, 2.05) is 17.9 Å². The summed E-state index contributed by atoms with van der Waals surface area (Å²) in [6.07, 6.45) is 2.64. The largest absolute Gasteiger partial charge is 0.489 e. The zero-order chi connectivity index (χ0) is 33.3. The summed E-state index contributed by atoms with van der Waals surface area (Å²) < 4.78 is 54.4. The highest BCUT2D eigenvalue weighted by molar-refractivity contribution is 5.90. The number of carbonyl (C=O) groups excluding carboxylic acids is 2. The van der Waals surface area contributed by atoms with Gasteiger partial charge in [-0.15, -0.1) is 0 Å². The van der Waals surface area contributed by atoms with Crippen LogP contribution in [0.5, 0.6) is 5.75 Å². The first kappa shape index (κ1) is 32.8. The Hall–Kier alpha value is -4.15. The summed E-state index contributed by atoms with van der Waals surface area (Å²) in [6.45, 7) is 7.62. The Morgan fingerprint density at radius 2 is 1.81 bits per heavy atom. The van der Waals surface area contributed by atoms with Crippen molar-refractivity contribution in [2.75, 3.05) is 26.3 Å². The van der Waals surface area contributed by atoms with E-state index in [0.29, 0.717) is 28.8 Å². The van der Waals surface area contributed by atoms with Gasteiger partial charge in [-0.25, -0.2) is 14.5 Å². The summed E-state index contributed by atoms with van der Waals surface area (Å²) in [6, 6.07) is 11.2. The number of ether oxygens (including phenoxy) is 2. The van der Waals surface area contributed by atoms with Crippen molar-refractivity contribution in [2.45, 2.75) is 77.8 Å². The Labute approximate surface area is 273 Å². The first-order valence-electron chi connectivity index (χ1n) is 16.6. The van der Waals surface area contributed by atoms with Crippen molar-refractivity contribution in [1.29, 1.82) is 0 Å². The third kappa shape index (κ3) is 7.09. The van der Waals surface area contributed by atoms with Crippen molar-refractivity contribution in [2.24, 2.45) is 11.8 Å². The fraction of sp³-hybridized carbons (Fsp3) is 0.500. The Morgan fingerprint density at radius 3 is 2.49 bits per heavy atom. The van der Waals surface area contributed by atoms with Gasteiger partial charge < -0.3 is 14.4 Å². The molecule has 1 saturated heterocycles. The molecule has 1 aliphatic heterocycles. The van der Waals surface area contributed by atoms with Gasteiger partial charge in [-0.3, -0.25) is 4.79 Å². The van der Waals surface area contributed by atoms with Crippen LogP contribution in [0.25, 0.3) is 11.4 Å². The molecule has 3 heterocycles. The molecule has 2 aliphatic carbocycles. The highest BCUT2D eigenvalue weighted by Gasteiger charge is 2.41. The third-order valence-corrected chi connectivity index (χ3v) is 9.63. The lowest BCUT2D eigenvalue weighted by molar-refractivity contribution is -0.143. The van der Waals surface area contributed by atoms with E-state index in [4.69, 9.17) is 9.47 Å². The molecule has 3 aliphatic rings. The number of esters is 1. The molecule has 0 bridgehead atoms. The molecule has 47 heavy (non-hydrogen) atoms. The van der Waals surface area contributed by atoms with Crippen LogP contribution < -0.4 is 4.74 Å². The van der Waals surface area contributed by atoms with Crippen LogP contribution in [0.15, 0.2) is 48.2 Å². The van der Waals surface area contributed by atoms with E-state index in [1.54, 1.807) is 12.1 Å². The van der Waals surface area contributed by atoms with Crippen LogP contribution in [0.2, 0.25) is 0 Å². The molecule has 0 spiro atoms. The number of allylic oxidation sites excluding steroid dienone is 1. The number of rotatable bonds is 9. The van der Waals surface area contributed by atoms with Crippen molar-refractivity contribution in [1.82, 2.24) is 19.7 Å². The smallest absolute Gasteiger partial charge is 0.434 e. The van der Waals surface area contributed by atoms with Gasteiger partial charge in [-0.2, -0.15) is 18.3 Å². The van der Waals surface area contributed by atoms with Crippen LogP contribution >= 0.6 is 0 Å². The molecule has 0 radical (unpaired) electrons. The molecule has 2 aromatic heterocycles. The first-order valence-corrected chi connectivity index (χ1v) is 16.6. The standard InChI is InChI=1S/C36H41F3N4O4/c1-4-46-35(45)28-20-40-43(33(28)36(37,38)39)32-10-6-9-30(41-32)27-8-5-7-22(2)29(27)21-47-31-14-13-26(19-23(31)3)24-15-17-42(18-16-24)34(44)25-11-12-25/h6,9-10,13-14,19-20,22,24-25H,4-5,7-8,11-12,15-18,21H2,1-3H3. The maximum atomic E-state index is 14.2. The zero-order valence-corrected chi connectivity index (χ0v) is 27.1. The number of alkyl halides is 3. The van der Waals surface area contributed by atoms with Crippen LogP contribution in [-0.4, -0.2) is 57.8 Å². The van der Waals surface area contributed by atoms with Crippen LogP contribution in [0.1, 0.15) is 97.6 Å². The second-order valence-corrected chi connectivity index (χ2v) is 12.9. The highest BCUT2D eigenvalue weighted by atomic mass is 19.4.